The Hall–Kier alpha value is -2.87. The highest BCUT2D eigenvalue weighted by molar-refractivity contribution is 7.92. The number of aryl methyl sites for hydroxylation is 1. The van der Waals surface area contributed by atoms with Crippen LogP contribution < -0.4 is 10.0 Å². The van der Waals surface area contributed by atoms with E-state index in [9.17, 15) is 18.0 Å². The minimum Gasteiger partial charge on any atom is -0.478 e. The van der Waals surface area contributed by atoms with Gasteiger partial charge >= 0.3 is 5.97 Å². The van der Waals surface area contributed by atoms with Crippen molar-refractivity contribution in [2.24, 2.45) is 0 Å². The molecule has 0 atom stereocenters. The standard InChI is InChI=1S/C19H22N2O5S/c1-12-5-6-14(18(23)24)11-16(12)27(25,26)21-15-9-7-13(8-10-15)17(22)20-19(2,3)4/h5-11,21H,1-4H3,(H,20,22)(H,23,24). The normalized spacial score (nSPS) is 11.7. The molecule has 0 unspecified atom stereocenters. The number of sulfonamides is 1. The minimum atomic E-state index is -3.98. The van der Waals surface area contributed by atoms with Crippen molar-refractivity contribution in [1.29, 1.82) is 0 Å². The summed E-state index contributed by atoms with van der Waals surface area (Å²) in [6.07, 6.45) is 0. The first-order chi connectivity index (χ1) is 12.4. The van der Waals surface area contributed by atoms with Crippen molar-refractivity contribution in [3.8, 4) is 0 Å². The first-order valence-electron chi connectivity index (χ1n) is 8.18. The number of carbonyl (C=O) groups is 2. The number of nitrogens with one attached hydrogen (secondary N) is 2. The van der Waals surface area contributed by atoms with E-state index < -0.39 is 16.0 Å². The van der Waals surface area contributed by atoms with Crippen molar-refractivity contribution in [3.05, 3.63) is 59.2 Å². The summed E-state index contributed by atoms with van der Waals surface area (Å²) in [5.41, 5.74) is 0.590. The largest absolute Gasteiger partial charge is 0.478 e. The summed E-state index contributed by atoms with van der Waals surface area (Å²) < 4.78 is 27.6. The number of amides is 1. The van der Waals surface area contributed by atoms with E-state index in [-0.39, 0.29) is 27.6 Å². The molecule has 7 nitrogen and oxygen atoms in total. The van der Waals surface area contributed by atoms with E-state index in [0.717, 1.165) is 6.07 Å². The van der Waals surface area contributed by atoms with Crippen LogP contribution in [0.5, 0.6) is 0 Å². The van der Waals surface area contributed by atoms with E-state index in [0.29, 0.717) is 11.1 Å². The van der Waals surface area contributed by atoms with E-state index in [2.05, 4.69) is 10.0 Å². The van der Waals surface area contributed by atoms with Gasteiger partial charge in [-0.25, -0.2) is 13.2 Å². The number of aromatic carboxylic acids is 1. The zero-order chi connectivity index (χ0) is 20.4. The van der Waals surface area contributed by atoms with Crippen molar-refractivity contribution in [1.82, 2.24) is 5.32 Å². The van der Waals surface area contributed by atoms with E-state index in [4.69, 9.17) is 5.11 Å². The van der Waals surface area contributed by atoms with Crippen LogP contribution in [0.25, 0.3) is 0 Å². The van der Waals surface area contributed by atoms with Crippen LogP contribution in [0.1, 0.15) is 47.1 Å². The topological polar surface area (TPSA) is 113 Å². The van der Waals surface area contributed by atoms with E-state index in [1.165, 1.54) is 36.4 Å². The van der Waals surface area contributed by atoms with Crippen LogP contribution in [0, 0.1) is 6.92 Å². The van der Waals surface area contributed by atoms with Gasteiger partial charge in [-0.3, -0.25) is 9.52 Å². The lowest BCUT2D eigenvalue weighted by Crippen LogP contribution is -2.40. The molecule has 0 fully saturated rings. The smallest absolute Gasteiger partial charge is 0.335 e. The summed E-state index contributed by atoms with van der Waals surface area (Å²) in [7, 11) is -3.98. The van der Waals surface area contributed by atoms with Gasteiger partial charge in [0, 0.05) is 16.8 Å². The second-order valence-electron chi connectivity index (χ2n) is 7.17. The number of carbonyl (C=O) groups excluding carboxylic acids is 1. The van der Waals surface area contributed by atoms with Crippen molar-refractivity contribution in [2.45, 2.75) is 38.1 Å². The average molecular weight is 390 g/mol. The van der Waals surface area contributed by atoms with Crippen molar-refractivity contribution >= 4 is 27.6 Å². The van der Waals surface area contributed by atoms with Crippen LogP contribution in [0.4, 0.5) is 5.69 Å². The molecule has 0 aromatic heterocycles. The van der Waals surface area contributed by atoms with Crippen molar-refractivity contribution in [2.75, 3.05) is 4.72 Å². The summed E-state index contributed by atoms with van der Waals surface area (Å²) >= 11 is 0. The molecule has 2 rings (SSSR count). The van der Waals surface area contributed by atoms with E-state index >= 15 is 0 Å². The molecule has 0 bridgehead atoms. The van der Waals surface area contributed by atoms with Gasteiger partial charge in [-0.05, 0) is 69.7 Å². The fourth-order valence-corrected chi connectivity index (χ4v) is 3.67. The maximum absolute atomic E-state index is 12.6. The number of carboxylic acids is 1. The third-order valence-corrected chi connectivity index (χ3v) is 5.14. The van der Waals surface area contributed by atoms with Gasteiger partial charge in [0.15, 0.2) is 0 Å². The van der Waals surface area contributed by atoms with Gasteiger partial charge in [0.05, 0.1) is 10.5 Å². The lowest BCUT2D eigenvalue weighted by atomic mass is 10.1. The van der Waals surface area contributed by atoms with E-state index in [1.54, 1.807) is 6.92 Å². The highest BCUT2D eigenvalue weighted by Gasteiger charge is 2.20. The molecular formula is C19H22N2O5S. The summed E-state index contributed by atoms with van der Waals surface area (Å²) in [4.78, 5) is 23.1. The molecule has 0 radical (unpaired) electrons. The number of benzene rings is 2. The molecule has 0 aliphatic heterocycles. The Bertz CT molecular complexity index is 974. The third kappa shape index (κ3) is 5.30. The van der Waals surface area contributed by atoms with Gasteiger partial charge < -0.3 is 10.4 Å². The predicted octanol–water partition coefficient (Wildman–Crippen LogP) is 3.02. The molecule has 27 heavy (non-hydrogen) atoms. The molecule has 0 heterocycles. The molecule has 0 saturated carbocycles. The number of carboxylic acid groups (broad SMARTS) is 1. The second-order valence-corrected chi connectivity index (χ2v) is 8.82. The Kier molecular flexibility index (Phi) is 5.60. The average Bonchev–Trinajstić information content (AvgIpc) is 2.53. The highest BCUT2D eigenvalue weighted by Crippen LogP contribution is 2.21. The predicted molar refractivity (Wildman–Crippen MR) is 103 cm³/mol. The summed E-state index contributed by atoms with van der Waals surface area (Å²) in [5, 5.41) is 11.9. The van der Waals surface area contributed by atoms with Crippen LogP contribution >= 0.6 is 0 Å². The number of anilines is 1. The molecule has 1 amide bonds. The van der Waals surface area contributed by atoms with Crippen LogP contribution in [0.15, 0.2) is 47.4 Å². The molecule has 0 aliphatic rings. The molecule has 8 heteroatoms. The monoisotopic (exact) mass is 390 g/mol. The third-order valence-electron chi connectivity index (χ3n) is 3.61. The van der Waals surface area contributed by atoms with Gasteiger partial charge in [-0.2, -0.15) is 0 Å². The Balaban J connectivity index is 2.25. The number of rotatable bonds is 5. The lowest BCUT2D eigenvalue weighted by molar-refractivity contribution is 0.0696. The van der Waals surface area contributed by atoms with Crippen molar-refractivity contribution < 1.29 is 23.1 Å². The van der Waals surface area contributed by atoms with Crippen LogP contribution in [-0.2, 0) is 10.0 Å². The van der Waals surface area contributed by atoms with Crippen molar-refractivity contribution in [3.63, 3.8) is 0 Å². The number of hydrogen-bond acceptors (Lipinski definition) is 4. The lowest BCUT2D eigenvalue weighted by Gasteiger charge is -2.20. The first kappa shape index (κ1) is 20.4. The molecule has 0 saturated heterocycles. The Labute approximate surface area is 158 Å². The quantitative estimate of drug-likeness (QED) is 0.726. The molecule has 2 aromatic carbocycles. The summed E-state index contributed by atoms with van der Waals surface area (Å²) in [5.74, 6) is -1.47. The fourth-order valence-electron chi connectivity index (χ4n) is 2.34. The van der Waals surface area contributed by atoms with Crippen LogP contribution in [-0.4, -0.2) is 30.9 Å². The molecular weight excluding hydrogens is 368 g/mol. The second kappa shape index (κ2) is 7.40. The van der Waals surface area contributed by atoms with Gasteiger partial charge in [0.2, 0.25) is 0 Å². The Morgan fingerprint density at radius 3 is 2.04 bits per heavy atom. The van der Waals surface area contributed by atoms with Gasteiger partial charge in [0.1, 0.15) is 0 Å². The molecule has 3 N–H and O–H groups in total. The molecule has 0 aliphatic carbocycles. The first-order valence-corrected chi connectivity index (χ1v) is 9.67. The zero-order valence-corrected chi connectivity index (χ0v) is 16.3. The van der Waals surface area contributed by atoms with Gasteiger partial charge in [0.25, 0.3) is 15.9 Å². The fraction of sp³-hybridized carbons (Fsp3) is 0.263. The zero-order valence-electron chi connectivity index (χ0n) is 15.5. The molecule has 2 aromatic rings. The summed E-state index contributed by atoms with van der Waals surface area (Å²) in [6, 6.07) is 9.89. The number of hydrogen-bond donors (Lipinski definition) is 3. The van der Waals surface area contributed by atoms with Gasteiger partial charge in [-0.1, -0.05) is 6.07 Å². The molecule has 0 spiro atoms. The van der Waals surface area contributed by atoms with E-state index in [1.807, 2.05) is 20.8 Å². The Morgan fingerprint density at radius 2 is 1.52 bits per heavy atom. The maximum Gasteiger partial charge on any atom is 0.335 e. The SMILES string of the molecule is Cc1ccc(C(=O)O)cc1S(=O)(=O)Nc1ccc(C(=O)NC(C)(C)C)cc1. The van der Waals surface area contributed by atoms with Gasteiger partial charge in [-0.15, -0.1) is 0 Å². The molecule has 144 valence electrons. The maximum atomic E-state index is 12.6. The summed E-state index contributed by atoms with van der Waals surface area (Å²) in [6.45, 7) is 7.17. The Morgan fingerprint density at radius 1 is 0.963 bits per heavy atom. The highest BCUT2D eigenvalue weighted by atomic mass is 32.2. The van der Waals surface area contributed by atoms with Crippen LogP contribution in [0.2, 0.25) is 0 Å². The van der Waals surface area contributed by atoms with Crippen LogP contribution in [0.3, 0.4) is 0 Å². The minimum absolute atomic E-state index is 0.114.